The average Bonchev–Trinajstić information content (AvgIpc) is 3.53. The fourth-order valence-corrected chi connectivity index (χ4v) is 6.61. The predicted octanol–water partition coefficient (Wildman–Crippen LogP) is 4.51. The van der Waals surface area contributed by atoms with Crippen molar-refractivity contribution in [2.24, 2.45) is 0 Å². The Morgan fingerprint density at radius 3 is 2.23 bits per heavy atom. The lowest BCUT2D eigenvalue weighted by atomic mass is 9.99. The van der Waals surface area contributed by atoms with Gasteiger partial charge in [0.05, 0.1) is 31.7 Å². The molecule has 52 heavy (non-hydrogen) atoms. The molecule has 16 heteroatoms. The van der Waals surface area contributed by atoms with E-state index in [1.165, 1.54) is 29.4 Å². The van der Waals surface area contributed by atoms with Crippen LogP contribution in [0.4, 0.5) is 4.79 Å². The van der Waals surface area contributed by atoms with E-state index in [2.05, 4.69) is 15.6 Å². The Morgan fingerprint density at radius 1 is 0.904 bits per heavy atom. The number of carbonyl (C=O) groups is 3. The first-order chi connectivity index (χ1) is 24.3. The van der Waals surface area contributed by atoms with Gasteiger partial charge in [-0.3, -0.25) is 18.7 Å². The van der Waals surface area contributed by atoms with Gasteiger partial charge in [-0.2, -0.15) is 8.42 Å². The van der Waals surface area contributed by atoms with Gasteiger partial charge in [0.25, 0.3) is 16.0 Å². The number of benzene rings is 3. The van der Waals surface area contributed by atoms with Crippen molar-refractivity contribution in [3.63, 3.8) is 0 Å². The summed E-state index contributed by atoms with van der Waals surface area (Å²) in [7, 11) is -7.36. The number of fused-ring (bicyclic) bond motifs is 1. The van der Waals surface area contributed by atoms with Gasteiger partial charge in [0.2, 0.25) is 15.9 Å². The van der Waals surface area contributed by atoms with Gasteiger partial charge in [0, 0.05) is 24.5 Å². The summed E-state index contributed by atoms with van der Waals surface area (Å²) < 4.78 is 58.9. The zero-order chi connectivity index (χ0) is 38.3. The first kappa shape index (κ1) is 40.0. The van der Waals surface area contributed by atoms with E-state index in [9.17, 15) is 31.2 Å². The Labute approximate surface area is 304 Å². The number of imidazole rings is 1. The van der Waals surface area contributed by atoms with Crippen molar-refractivity contribution in [3.05, 3.63) is 102 Å². The van der Waals surface area contributed by atoms with Crippen molar-refractivity contribution < 1.29 is 40.1 Å². The van der Waals surface area contributed by atoms with Gasteiger partial charge in [-0.1, -0.05) is 54.6 Å². The van der Waals surface area contributed by atoms with Crippen LogP contribution in [-0.2, 0) is 46.9 Å². The quantitative estimate of drug-likeness (QED) is 0.129. The zero-order valence-electron chi connectivity index (χ0n) is 30.0. The lowest BCUT2D eigenvalue weighted by Gasteiger charge is -2.27. The number of rotatable bonds is 15. The third-order valence-corrected chi connectivity index (χ3v) is 9.46. The molecule has 2 N–H and O–H groups in total. The van der Waals surface area contributed by atoms with Crippen molar-refractivity contribution in [3.8, 4) is 0 Å². The van der Waals surface area contributed by atoms with Crippen LogP contribution in [0.5, 0.6) is 0 Å². The lowest BCUT2D eigenvalue weighted by Crippen LogP contribution is -2.47. The van der Waals surface area contributed by atoms with Crippen LogP contribution in [0.3, 0.4) is 0 Å². The maximum absolute atomic E-state index is 13.6. The van der Waals surface area contributed by atoms with E-state index in [-0.39, 0.29) is 43.9 Å². The van der Waals surface area contributed by atoms with E-state index >= 15 is 0 Å². The second-order valence-corrected chi connectivity index (χ2v) is 16.9. The van der Waals surface area contributed by atoms with Gasteiger partial charge in [-0.15, -0.1) is 0 Å². The largest absolute Gasteiger partial charge is 0.444 e. The monoisotopic (exact) mass is 755 g/mol. The summed E-state index contributed by atoms with van der Waals surface area (Å²) >= 11 is 0. The summed E-state index contributed by atoms with van der Waals surface area (Å²) in [5.74, 6) is -0.886. The van der Waals surface area contributed by atoms with E-state index in [4.69, 9.17) is 8.92 Å². The van der Waals surface area contributed by atoms with Crippen LogP contribution in [0.25, 0.3) is 10.8 Å². The number of nitrogens with zero attached hydrogens (tertiary/aromatic N) is 3. The molecule has 0 aliphatic carbocycles. The van der Waals surface area contributed by atoms with Gasteiger partial charge in [0.1, 0.15) is 17.5 Å². The van der Waals surface area contributed by atoms with Crippen molar-refractivity contribution in [1.82, 2.24) is 24.5 Å². The molecule has 1 aromatic heterocycles. The minimum absolute atomic E-state index is 0.00482. The van der Waals surface area contributed by atoms with Crippen LogP contribution < -0.4 is 10.6 Å². The molecular weight excluding hydrogens is 711 g/mol. The number of hydrogen-bond donors (Lipinski definition) is 2. The first-order valence-corrected chi connectivity index (χ1v) is 20.2. The summed E-state index contributed by atoms with van der Waals surface area (Å²) in [4.78, 5) is 45.7. The molecule has 0 aliphatic rings. The molecule has 14 nitrogen and oxygen atoms in total. The molecule has 1 heterocycles. The van der Waals surface area contributed by atoms with Crippen LogP contribution in [0.15, 0.2) is 79.1 Å². The van der Waals surface area contributed by atoms with Crippen LogP contribution in [0.2, 0.25) is 0 Å². The lowest BCUT2D eigenvalue weighted by molar-refractivity contribution is -0.123. The molecule has 4 aromatic rings. The smallest absolute Gasteiger partial charge is 0.410 e. The van der Waals surface area contributed by atoms with E-state index < -0.39 is 55.7 Å². The van der Waals surface area contributed by atoms with E-state index in [0.717, 1.165) is 32.8 Å². The fraction of sp³-hybridized carbons (Fsp3) is 0.389. The SMILES string of the molecule is C[C@H](NC(=O)[C@H](CCCOS(C)(=O)=O)NC(=O)c1ccc(CN(Cc2nccn2S(C)(=O)=O)C(=O)OC(C)(C)C)cc1)c1cccc2ccccc12. The third-order valence-electron chi connectivity index (χ3n) is 7.82. The summed E-state index contributed by atoms with van der Waals surface area (Å²) in [6.45, 7) is 6.66. The Bertz CT molecular complexity index is 2100. The number of nitrogens with one attached hydrogen (secondary N) is 2. The Kier molecular flexibility index (Phi) is 12.8. The Hall–Kier alpha value is -4.80. The standard InChI is InChI=1S/C36H45N5O9S2/c1-25(29-14-9-12-27-11-7-8-13-30(27)29)38-34(43)31(15-10-22-49-52(6,47)48)39-33(42)28-18-16-26(17-19-28)23-40(35(44)50-36(2,3)4)24-32-37-20-21-41(32)51(5,45)46/h7-9,11-14,16-21,25,31H,10,15,22-24H2,1-6H3,(H,38,43)(H,39,42)/t25-,31-/m0/s1. The molecule has 4 rings (SSSR count). The minimum atomic E-state index is -3.69. The molecule has 0 spiro atoms. The summed E-state index contributed by atoms with van der Waals surface area (Å²) in [6.07, 6.45) is 4.17. The zero-order valence-corrected chi connectivity index (χ0v) is 31.7. The van der Waals surface area contributed by atoms with E-state index in [1.807, 2.05) is 49.4 Å². The van der Waals surface area contributed by atoms with Gasteiger partial charge < -0.3 is 15.4 Å². The highest BCUT2D eigenvalue weighted by Gasteiger charge is 2.26. The number of hydrogen-bond acceptors (Lipinski definition) is 10. The van der Waals surface area contributed by atoms with Gasteiger partial charge >= 0.3 is 6.09 Å². The van der Waals surface area contributed by atoms with Gasteiger partial charge in [0.15, 0.2) is 0 Å². The number of aromatic nitrogens is 2. The van der Waals surface area contributed by atoms with Crippen molar-refractivity contribution in [1.29, 1.82) is 0 Å². The van der Waals surface area contributed by atoms with Gasteiger partial charge in [-0.05, 0) is 74.6 Å². The third kappa shape index (κ3) is 11.6. The molecule has 0 saturated heterocycles. The number of amides is 3. The molecule has 2 atom stereocenters. The van der Waals surface area contributed by atoms with E-state index in [0.29, 0.717) is 5.56 Å². The summed E-state index contributed by atoms with van der Waals surface area (Å²) in [5.41, 5.74) is 0.910. The normalized spacial score (nSPS) is 13.3. The van der Waals surface area contributed by atoms with E-state index in [1.54, 1.807) is 32.9 Å². The van der Waals surface area contributed by atoms with Crippen LogP contribution in [0.1, 0.15) is 73.9 Å². The summed E-state index contributed by atoms with van der Waals surface area (Å²) in [6, 6.07) is 18.5. The maximum atomic E-state index is 13.6. The predicted molar refractivity (Wildman–Crippen MR) is 196 cm³/mol. The average molecular weight is 756 g/mol. The maximum Gasteiger partial charge on any atom is 0.410 e. The second kappa shape index (κ2) is 16.7. The topological polar surface area (TPSA) is 183 Å². The minimum Gasteiger partial charge on any atom is -0.444 e. The van der Waals surface area contributed by atoms with Crippen molar-refractivity contribution in [2.45, 2.75) is 71.3 Å². The van der Waals surface area contributed by atoms with Crippen LogP contribution >= 0.6 is 0 Å². The highest BCUT2D eigenvalue weighted by atomic mass is 32.2. The Morgan fingerprint density at radius 2 is 1.58 bits per heavy atom. The molecule has 3 aromatic carbocycles. The molecule has 0 aliphatic heterocycles. The van der Waals surface area contributed by atoms with Crippen molar-refractivity contribution >= 4 is 48.8 Å². The molecule has 0 fully saturated rings. The number of ether oxygens (including phenoxy) is 1. The molecule has 3 amide bonds. The molecule has 0 bridgehead atoms. The molecule has 0 unspecified atom stereocenters. The first-order valence-electron chi connectivity index (χ1n) is 16.5. The fourth-order valence-electron chi connectivity index (χ4n) is 5.43. The molecule has 0 radical (unpaired) electrons. The van der Waals surface area contributed by atoms with Crippen LogP contribution in [-0.4, -0.2) is 79.4 Å². The van der Waals surface area contributed by atoms with Crippen LogP contribution in [0, 0.1) is 0 Å². The molecule has 280 valence electrons. The Balaban J connectivity index is 1.50. The molecule has 0 saturated carbocycles. The highest BCUT2D eigenvalue weighted by Crippen LogP contribution is 2.24. The summed E-state index contributed by atoms with van der Waals surface area (Å²) in [5, 5.41) is 7.75. The van der Waals surface area contributed by atoms with Crippen molar-refractivity contribution in [2.75, 3.05) is 19.1 Å². The van der Waals surface area contributed by atoms with Gasteiger partial charge in [-0.25, -0.2) is 22.2 Å². The second-order valence-electron chi connectivity index (χ2n) is 13.4. The molecular formula is C36H45N5O9S2. The highest BCUT2D eigenvalue weighted by molar-refractivity contribution is 7.89. The number of carbonyl (C=O) groups excluding carboxylic acids is 3.